The van der Waals surface area contributed by atoms with Gasteiger partial charge in [-0.05, 0) is 54.6 Å². The van der Waals surface area contributed by atoms with Gasteiger partial charge in [0.05, 0.1) is 58.8 Å². The van der Waals surface area contributed by atoms with E-state index in [9.17, 15) is 14.4 Å². The van der Waals surface area contributed by atoms with Crippen molar-refractivity contribution in [2.75, 3.05) is 42.4 Å². The van der Waals surface area contributed by atoms with Crippen LogP contribution in [0.1, 0.15) is 47.5 Å². The summed E-state index contributed by atoms with van der Waals surface area (Å²) in [4.78, 5) is 31.5. The molecule has 0 bridgehead atoms. The minimum atomic E-state index is -2.77. The first-order valence-electron chi connectivity index (χ1n) is 15.6. The van der Waals surface area contributed by atoms with Crippen LogP contribution < -0.4 is 28.4 Å². The first-order chi connectivity index (χ1) is 22.0. The fourth-order valence-corrected chi connectivity index (χ4v) is 2.45. The van der Waals surface area contributed by atoms with Crippen molar-refractivity contribution in [1.82, 2.24) is 0 Å². The van der Waals surface area contributed by atoms with Crippen molar-refractivity contribution >= 4 is 18.9 Å². The van der Waals surface area contributed by atoms with E-state index in [1.807, 2.05) is 0 Å². The van der Waals surface area contributed by atoms with Crippen molar-refractivity contribution in [2.45, 2.75) is 0 Å². The lowest BCUT2D eigenvalue weighted by molar-refractivity contribution is 0.111. The smallest absolute Gasteiger partial charge is 0.161 e. The molecule has 0 heterocycles. The molecule has 3 aromatic carbocycles. The van der Waals surface area contributed by atoms with Gasteiger partial charge in [-0.25, -0.2) is 0 Å². The van der Waals surface area contributed by atoms with Gasteiger partial charge < -0.3 is 28.4 Å². The summed E-state index contributed by atoms with van der Waals surface area (Å²) in [5.74, 6) is 0.0186. The molecule has 3 aromatic rings. The zero-order valence-electron chi connectivity index (χ0n) is 31.1. The summed E-state index contributed by atoms with van der Waals surface area (Å²) in [6, 6.07) is 12.1. The highest BCUT2D eigenvalue weighted by molar-refractivity contribution is 5.77. The Morgan fingerprint density at radius 3 is 1.03 bits per heavy atom. The lowest BCUT2D eigenvalue weighted by Crippen LogP contribution is -1.91. The molecule has 0 saturated heterocycles. The lowest BCUT2D eigenvalue weighted by Gasteiger charge is -2.06. The molecule has 0 fully saturated rings. The Balaban J connectivity index is 0.000000362. The minimum Gasteiger partial charge on any atom is -0.493 e. The van der Waals surface area contributed by atoms with Crippen LogP contribution in [0.2, 0.25) is 0 Å². The Bertz CT molecular complexity index is 1520. The summed E-state index contributed by atoms with van der Waals surface area (Å²) < 4.78 is 112. The van der Waals surface area contributed by atoms with Gasteiger partial charge >= 0.3 is 0 Å². The minimum absolute atomic E-state index is 0.0297. The molecule has 9 heteroatoms. The maximum Gasteiger partial charge on any atom is 0.161 e. The van der Waals surface area contributed by atoms with E-state index in [1.54, 1.807) is 0 Å². The summed E-state index contributed by atoms with van der Waals surface area (Å²) in [7, 11) is -7.84. The third-order valence-electron chi connectivity index (χ3n) is 4.19. The molecule has 36 heavy (non-hydrogen) atoms. The molecule has 0 N–H and O–H groups in total. The van der Waals surface area contributed by atoms with Gasteiger partial charge in [0.25, 0.3) is 0 Å². The molecule has 0 amide bonds. The van der Waals surface area contributed by atoms with Crippen LogP contribution in [0.25, 0.3) is 0 Å². The number of rotatable bonds is 9. The molecule has 0 atom stereocenters. The number of methoxy groups -OCH3 is 6. The van der Waals surface area contributed by atoms with Crippen molar-refractivity contribution in [1.29, 1.82) is 0 Å². The molecule has 192 valence electrons. The molecule has 0 spiro atoms. The van der Waals surface area contributed by atoms with Crippen LogP contribution in [0.3, 0.4) is 0 Å². The van der Waals surface area contributed by atoms with Crippen molar-refractivity contribution in [3.63, 3.8) is 0 Å². The van der Waals surface area contributed by atoms with Crippen molar-refractivity contribution in [3.05, 3.63) is 71.3 Å². The molecule has 9 nitrogen and oxygen atoms in total. The summed E-state index contributed by atoms with van der Waals surface area (Å²) in [6.07, 6.45) is 1.72. The highest BCUT2D eigenvalue weighted by atomic mass is 16.5. The van der Waals surface area contributed by atoms with Gasteiger partial charge in [0.2, 0.25) is 0 Å². The molecule has 0 aromatic heterocycles. The Labute approximate surface area is 227 Å². The summed E-state index contributed by atoms with van der Waals surface area (Å²) in [6.45, 7) is 0. The molecule has 0 aliphatic heterocycles. The van der Waals surface area contributed by atoms with Crippen molar-refractivity contribution in [3.8, 4) is 34.5 Å². The summed E-state index contributed by atoms with van der Waals surface area (Å²) >= 11 is 0. The van der Waals surface area contributed by atoms with E-state index < -0.39 is 28.2 Å². The van der Waals surface area contributed by atoms with E-state index in [-0.39, 0.29) is 40.1 Å². The second-order valence-corrected chi connectivity index (χ2v) is 6.29. The molecule has 3 rings (SSSR count). The van der Waals surface area contributed by atoms with Crippen molar-refractivity contribution in [2.24, 2.45) is 0 Å². The number of carbonyl (C=O) groups is 3. The highest BCUT2D eigenvalue weighted by Gasteiger charge is 2.04. The van der Waals surface area contributed by atoms with Crippen LogP contribution >= 0.6 is 0 Å². The van der Waals surface area contributed by atoms with E-state index >= 15 is 0 Å². The SMILES string of the molecule is [2H]C([2H])([2H])Oc1cc(C=O)ccc1OC.[2H]C([2H])([2H])Oc1ccc(C=O)cc1OC.[2H]C([2H])([2H])Oc1ccc(C=O)cc1OC([2H])([2H])[2H]. The first-order valence-corrected chi connectivity index (χ1v) is 9.64. The average Bonchev–Trinajstić information content (AvgIpc) is 2.96. The highest BCUT2D eigenvalue weighted by Crippen LogP contribution is 2.28. The lowest BCUT2D eigenvalue weighted by atomic mass is 10.2. The predicted octanol–water partition coefficient (Wildman–Crippen LogP) is 4.55. The number of benzene rings is 3. The predicted molar refractivity (Wildman–Crippen MR) is 135 cm³/mol. The van der Waals surface area contributed by atoms with Gasteiger partial charge in [-0.2, -0.15) is 0 Å². The molecular weight excluding hydrogens is 468 g/mol. The maximum atomic E-state index is 10.6. The monoisotopic (exact) mass is 510 g/mol. The van der Waals surface area contributed by atoms with Gasteiger partial charge in [0.15, 0.2) is 34.5 Å². The standard InChI is InChI=1S/3C9H10O3/c3*1-11-8-4-3-7(6-10)5-9(8)12-2/h3*3-6H,1-2H3/i1D3,2D3;2D3;1D3. The van der Waals surface area contributed by atoms with Gasteiger partial charge in [0, 0.05) is 16.7 Å². The van der Waals surface area contributed by atoms with Gasteiger partial charge in [-0.3, -0.25) is 14.4 Å². The normalized spacial score (nSPS) is 15.5. The third-order valence-corrected chi connectivity index (χ3v) is 4.19. The maximum absolute atomic E-state index is 10.6. The van der Waals surface area contributed by atoms with E-state index in [4.69, 9.17) is 25.9 Å². The number of hydrogen-bond acceptors (Lipinski definition) is 9. The number of aldehydes is 3. The average molecular weight is 511 g/mol. The quantitative estimate of drug-likeness (QED) is 0.383. The Morgan fingerprint density at radius 2 is 0.750 bits per heavy atom. The molecule has 0 aliphatic carbocycles. The van der Waals surface area contributed by atoms with Crippen LogP contribution in [-0.2, 0) is 0 Å². The molecule has 0 unspecified atom stereocenters. The van der Waals surface area contributed by atoms with Crippen molar-refractivity contribution < 1.29 is 59.3 Å². The van der Waals surface area contributed by atoms with Crippen LogP contribution in [0.5, 0.6) is 34.5 Å². The zero-order chi connectivity index (χ0) is 36.9. The van der Waals surface area contributed by atoms with Crippen LogP contribution in [0, 0.1) is 0 Å². The van der Waals surface area contributed by atoms with E-state index in [2.05, 4.69) is 18.9 Å². The Kier molecular flexibility index (Phi) is 6.94. The van der Waals surface area contributed by atoms with Crippen LogP contribution in [0.15, 0.2) is 54.6 Å². The molecule has 0 saturated carbocycles. The fourth-order valence-electron chi connectivity index (χ4n) is 2.45. The molecular formula is C27H30O9. The molecule has 0 radical (unpaired) electrons. The largest absolute Gasteiger partial charge is 0.493 e. The topological polar surface area (TPSA) is 107 Å². The third kappa shape index (κ3) is 8.68. The summed E-state index contributed by atoms with van der Waals surface area (Å²) in [5, 5.41) is 0. The summed E-state index contributed by atoms with van der Waals surface area (Å²) in [5.41, 5.74) is 0.868. The number of carbonyl (C=O) groups excluding carboxylic acids is 3. The van der Waals surface area contributed by atoms with Gasteiger partial charge in [-0.15, -0.1) is 0 Å². The molecule has 0 aliphatic rings. The van der Waals surface area contributed by atoms with E-state index in [1.165, 1.54) is 56.7 Å². The van der Waals surface area contributed by atoms with Crippen LogP contribution in [0.4, 0.5) is 0 Å². The first kappa shape index (κ1) is 15.5. The van der Waals surface area contributed by atoms with Gasteiger partial charge in [-0.1, -0.05) is 0 Å². The second-order valence-electron chi connectivity index (χ2n) is 6.29. The van der Waals surface area contributed by atoms with E-state index in [0.29, 0.717) is 30.0 Å². The Hall–Kier alpha value is -4.53. The second kappa shape index (κ2) is 16.2. The fraction of sp³-hybridized carbons (Fsp3) is 0.222. The number of hydrogen-bond donors (Lipinski definition) is 0. The zero-order valence-corrected chi connectivity index (χ0v) is 19.1. The van der Waals surface area contributed by atoms with Crippen LogP contribution in [-0.4, -0.2) is 61.2 Å². The van der Waals surface area contributed by atoms with E-state index in [0.717, 1.165) is 12.1 Å². The number of ether oxygens (including phenoxy) is 6. The Morgan fingerprint density at radius 1 is 0.472 bits per heavy atom. The van der Waals surface area contributed by atoms with Gasteiger partial charge in [0.1, 0.15) is 18.9 Å².